The van der Waals surface area contributed by atoms with Gasteiger partial charge in [0.05, 0.1) is 6.17 Å². The monoisotopic (exact) mass is 116 g/mol. The molecule has 0 spiro atoms. The molecule has 0 aromatic heterocycles. The Labute approximate surface area is 51.2 Å². The smallest absolute Gasteiger partial charge is 0.0549 e. The average Bonchev–Trinajstić information content (AvgIpc) is 1.69. The first-order chi connectivity index (χ1) is 3.72. The van der Waals surface area contributed by atoms with Crippen LogP contribution < -0.4 is 11.5 Å². The molecule has 0 aliphatic carbocycles. The fourth-order valence-corrected chi connectivity index (χ4v) is 0.833. The summed E-state index contributed by atoms with van der Waals surface area (Å²) in [6, 6.07) is 0. The molecule has 2 heteroatoms. The van der Waals surface area contributed by atoms with Crippen LogP contribution in [-0.2, 0) is 0 Å². The summed E-state index contributed by atoms with van der Waals surface area (Å²) in [5.41, 5.74) is 10.9. The molecule has 0 bridgehead atoms. The molecule has 0 rings (SSSR count). The van der Waals surface area contributed by atoms with Crippen LogP contribution in [-0.4, -0.2) is 6.17 Å². The first-order valence-electron chi connectivity index (χ1n) is 3.23. The summed E-state index contributed by atoms with van der Waals surface area (Å²) >= 11 is 0. The van der Waals surface area contributed by atoms with E-state index in [-0.39, 0.29) is 6.17 Å². The van der Waals surface area contributed by atoms with Gasteiger partial charge in [-0.05, 0) is 5.92 Å². The molecule has 8 heavy (non-hydrogen) atoms. The normalized spacial score (nSPS) is 11.2. The Morgan fingerprint density at radius 1 is 1.12 bits per heavy atom. The van der Waals surface area contributed by atoms with Gasteiger partial charge in [0, 0.05) is 0 Å². The maximum Gasteiger partial charge on any atom is 0.0549 e. The molecular weight excluding hydrogens is 100 g/mol. The van der Waals surface area contributed by atoms with Crippen molar-refractivity contribution in [1.82, 2.24) is 0 Å². The van der Waals surface area contributed by atoms with Gasteiger partial charge in [0.1, 0.15) is 0 Å². The van der Waals surface area contributed by atoms with Crippen LogP contribution in [0.15, 0.2) is 0 Å². The second-order valence-electron chi connectivity index (χ2n) is 2.15. The molecule has 50 valence electrons. The van der Waals surface area contributed by atoms with Crippen molar-refractivity contribution in [3.05, 3.63) is 0 Å². The minimum atomic E-state index is -0.120. The number of nitrogens with two attached hydrogens (primary N) is 2. The highest BCUT2D eigenvalue weighted by Gasteiger charge is 2.07. The van der Waals surface area contributed by atoms with Crippen LogP contribution in [0, 0.1) is 5.92 Å². The number of hydrogen-bond acceptors (Lipinski definition) is 2. The van der Waals surface area contributed by atoms with Gasteiger partial charge in [0.15, 0.2) is 0 Å². The Morgan fingerprint density at radius 2 is 1.50 bits per heavy atom. The van der Waals surface area contributed by atoms with Gasteiger partial charge in [-0.1, -0.05) is 26.7 Å². The van der Waals surface area contributed by atoms with Crippen molar-refractivity contribution in [3.63, 3.8) is 0 Å². The first kappa shape index (κ1) is 7.92. The molecule has 0 amide bonds. The molecule has 0 atom stereocenters. The SMILES string of the molecule is CCC(CC)C(N)N. The van der Waals surface area contributed by atoms with Gasteiger partial charge in [-0.2, -0.15) is 0 Å². The van der Waals surface area contributed by atoms with Crippen molar-refractivity contribution in [1.29, 1.82) is 0 Å². The molecule has 0 aromatic rings. The highest BCUT2D eigenvalue weighted by atomic mass is 14.9. The van der Waals surface area contributed by atoms with Crippen LogP contribution >= 0.6 is 0 Å². The summed E-state index contributed by atoms with van der Waals surface area (Å²) in [7, 11) is 0. The van der Waals surface area contributed by atoms with Gasteiger partial charge < -0.3 is 11.5 Å². The van der Waals surface area contributed by atoms with E-state index >= 15 is 0 Å². The van der Waals surface area contributed by atoms with Gasteiger partial charge in [-0.15, -0.1) is 0 Å². The van der Waals surface area contributed by atoms with Crippen LogP contribution in [0.2, 0.25) is 0 Å². The Bertz CT molecular complexity index is 48.5. The highest BCUT2D eigenvalue weighted by molar-refractivity contribution is 4.62. The number of rotatable bonds is 3. The second kappa shape index (κ2) is 3.87. The van der Waals surface area contributed by atoms with E-state index < -0.39 is 0 Å². The predicted molar refractivity (Wildman–Crippen MR) is 36.2 cm³/mol. The third-order valence-electron chi connectivity index (χ3n) is 1.59. The molecule has 0 saturated carbocycles. The average molecular weight is 116 g/mol. The molecule has 0 radical (unpaired) electrons. The van der Waals surface area contributed by atoms with E-state index in [0.717, 1.165) is 12.8 Å². The molecule has 0 aliphatic heterocycles. The second-order valence-corrected chi connectivity index (χ2v) is 2.15. The first-order valence-corrected chi connectivity index (χ1v) is 3.23. The molecule has 4 N–H and O–H groups in total. The quantitative estimate of drug-likeness (QED) is 0.532. The summed E-state index contributed by atoms with van der Waals surface area (Å²) < 4.78 is 0. The molecule has 0 saturated heterocycles. The van der Waals surface area contributed by atoms with Crippen LogP contribution in [0.3, 0.4) is 0 Å². The van der Waals surface area contributed by atoms with Gasteiger partial charge in [0.25, 0.3) is 0 Å². The van der Waals surface area contributed by atoms with Crippen molar-refractivity contribution in [3.8, 4) is 0 Å². The zero-order valence-electron chi connectivity index (χ0n) is 5.72. The van der Waals surface area contributed by atoms with E-state index in [1.807, 2.05) is 0 Å². The van der Waals surface area contributed by atoms with Crippen LogP contribution in [0.4, 0.5) is 0 Å². The predicted octanol–water partition coefficient (Wildman–Crippen LogP) is 0.666. The Kier molecular flexibility index (Phi) is 3.83. The fraction of sp³-hybridized carbons (Fsp3) is 1.00. The largest absolute Gasteiger partial charge is 0.316 e. The van der Waals surface area contributed by atoms with Gasteiger partial charge in [-0.25, -0.2) is 0 Å². The molecule has 2 nitrogen and oxygen atoms in total. The van der Waals surface area contributed by atoms with E-state index in [2.05, 4.69) is 13.8 Å². The van der Waals surface area contributed by atoms with Gasteiger partial charge in [-0.3, -0.25) is 0 Å². The minimum absolute atomic E-state index is 0.120. The Hall–Kier alpha value is -0.0800. The fourth-order valence-electron chi connectivity index (χ4n) is 0.833. The molecule has 0 aliphatic rings. The van der Waals surface area contributed by atoms with Crippen molar-refractivity contribution in [2.24, 2.45) is 17.4 Å². The zero-order chi connectivity index (χ0) is 6.57. The summed E-state index contributed by atoms with van der Waals surface area (Å²) in [4.78, 5) is 0. The van der Waals surface area contributed by atoms with E-state index in [1.54, 1.807) is 0 Å². The maximum absolute atomic E-state index is 5.44. The van der Waals surface area contributed by atoms with Crippen LogP contribution in [0.1, 0.15) is 26.7 Å². The summed E-state index contributed by atoms with van der Waals surface area (Å²) in [5, 5.41) is 0. The summed E-state index contributed by atoms with van der Waals surface area (Å²) in [6.45, 7) is 4.22. The third-order valence-corrected chi connectivity index (χ3v) is 1.59. The third kappa shape index (κ3) is 2.28. The van der Waals surface area contributed by atoms with Crippen molar-refractivity contribution in [2.45, 2.75) is 32.9 Å². The van der Waals surface area contributed by atoms with E-state index in [9.17, 15) is 0 Å². The lowest BCUT2D eigenvalue weighted by Crippen LogP contribution is -2.37. The standard InChI is InChI=1S/C6H16N2/c1-3-5(4-2)6(7)8/h5-6H,3-4,7-8H2,1-2H3. The lowest BCUT2D eigenvalue weighted by atomic mass is 10.0. The van der Waals surface area contributed by atoms with Crippen LogP contribution in [0.5, 0.6) is 0 Å². The van der Waals surface area contributed by atoms with E-state index in [1.165, 1.54) is 0 Å². The lowest BCUT2D eigenvalue weighted by Gasteiger charge is -2.15. The van der Waals surface area contributed by atoms with Crippen molar-refractivity contribution in [2.75, 3.05) is 0 Å². The summed E-state index contributed by atoms with van der Waals surface area (Å²) in [6.07, 6.45) is 2.06. The van der Waals surface area contributed by atoms with Gasteiger partial charge >= 0.3 is 0 Å². The highest BCUT2D eigenvalue weighted by Crippen LogP contribution is 2.06. The van der Waals surface area contributed by atoms with Gasteiger partial charge in [0.2, 0.25) is 0 Å². The minimum Gasteiger partial charge on any atom is -0.316 e. The maximum atomic E-state index is 5.44. The number of hydrogen-bond donors (Lipinski definition) is 2. The van der Waals surface area contributed by atoms with Crippen LogP contribution in [0.25, 0.3) is 0 Å². The zero-order valence-corrected chi connectivity index (χ0v) is 5.72. The molecule has 0 unspecified atom stereocenters. The van der Waals surface area contributed by atoms with E-state index in [4.69, 9.17) is 11.5 Å². The van der Waals surface area contributed by atoms with E-state index in [0.29, 0.717) is 5.92 Å². The lowest BCUT2D eigenvalue weighted by molar-refractivity contribution is 0.404. The topological polar surface area (TPSA) is 52.0 Å². The summed E-state index contributed by atoms with van der Waals surface area (Å²) in [5.74, 6) is 0.509. The van der Waals surface area contributed by atoms with Crippen molar-refractivity contribution >= 4 is 0 Å². The Balaban J connectivity index is 3.35. The van der Waals surface area contributed by atoms with Crippen molar-refractivity contribution < 1.29 is 0 Å². The Morgan fingerprint density at radius 3 is 1.50 bits per heavy atom. The molecule has 0 fully saturated rings. The molecule has 0 aromatic carbocycles. The molecular formula is C6H16N2. The molecule has 0 heterocycles.